The van der Waals surface area contributed by atoms with E-state index in [2.05, 4.69) is 31.7 Å². The number of aromatic nitrogens is 3. The summed E-state index contributed by atoms with van der Waals surface area (Å²) in [6.07, 6.45) is 2.63. The molecular formula is C15H23N5O2. The molecule has 1 aliphatic rings. The maximum absolute atomic E-state index is 5.56. The lowest BCUT2D eigenvalue weighted by Crippen LogP contribution is -2.47. The molecule has 0 saturated carbocycles. The summed E-state index contributed by atoms with van der Waals surface area (Å²) in [5, 5.41) is 0. The molecule has 0 bridgehead atoms. The van der Waals surface area contributed by atoms with E-state index in [1.165, 1.54) is 0 Å². The average molecular weight is 305 g/mol. The minimum Gasteiger partial charge on any atom is -0.422 e. The zero-order valence-electron chi connectivity index (χ0n) is 13.3. The van der Waals surface area contributed by atoms with Gasteiger partial charge in [-0.3, -0.25) is 4.90 Å². The van der Waals surface area contributed by atoms with Gasteiger partial charge in [0.25, 0.3) is 5.71 Å². The second-order valence-electron chi connectivity index (χ2n) is 5.52. The third kappa shape index (κ3) is 3.36. The molecule has 1 fully saturated rings. The first-order valence-corrected chi connectivity index (χ1v) is 7.91. The number of anilines is 1. The van der Waals surface area contributed by atoms with Crippen LogP contribution in [-0.2, 0) is 4.74 Å². The number of hydrogen-bond donors (Lipinski definition) is 0. The minimum atomic E-state index is 0.567. The number of fused-ring (bicyclic) bond motifs is 1. The molecule has 0 aromatic carbocycles. The Balaban J connectivity index is 1.58. The highest BCUT2D eigenvalue weighted by molar-refractivity contribution is 5.81. The average Bonchev–Trinajstić information content (AvgIpc) is 2.92. The van der Waals surface area contributed by atoms with Gasteiger partial charge in [-0.1, -0.05) is 6.92 Å². The van der Waals surface area contributed by atoms with Gasteiger partial charge < -0.3 is 14.1 Å². The maximum atomic E-state index is 5.56. The van der Waals surface area contributed by atoms with Gasteiger partial charge in [-0.15, -0.1) is 0 Å². The van der Waals surface area contributed by atoms with Gasteiger partial charge in [-0.25, -0.2) is 9.97 Å². The Morgan fingerprint density at radius 1 is 1.18 bits per heavy atom. The molecule has 0 radical (unpaired) electrons. The SMILES string of the molecule is CCCOCCN1CCN(c2ncnc3oc(C)nc23)CC1. The lowest BCUT2D eigenvalue weighted by molar-refractivity contribution is 0.102. The molecule has 0 atom stereocenters. The summed E-state index contributed by atoms with van der Waals surface area (Å²) < 4.78 is 11.0. The van der Waals surface area contributed by atoms with Crippen LogP contribution in [0.3, 0.4) is 0 Å². The van der Waals surface area contributed by atoms with Crippen LogP contribution in [0.25, 0.3) is 11.2 Å². The molecule has 3 heterocycles. The third-order valence-corrected chi connectivity index (χ3v) is 3.86. The molecule has 0 aliphatic carbocycles. The van der Waals surface area contributed by atoms with Crippen molar-refractivity contribution in [2.75, 3.05) is 50.8 Å². The standard InChI is InChI=1S/C15H23N5O2/c1-3-9-21-10-8-19-4-6-20(7-5-19)14-13-15(17-11-16-14)22-12(2)18-13/h11H,3-10H2,1-2H3. The minimum absolute atomic E-state index is 0.567. The molecule has 0 unspecified atom stereocenters. The first-order valence-electron chi connectivity index (χ1n) is 7.91. The molecule has 3 rings (SSSR count). The van der Waals surface area contributed by atoms with Crippen molar-refractivity contribution in [1.82, 2.24) is 19.9 Å². The van der Waals surface area contributed by atoms with Crippen LogP contribution in [0.15, 0.2) is 10.7 Å². The maximum Gasteiger partial charge on any atom is 0.252 e. The van der Waals surface area contributed by atoms with E-state index in [9.17, 15) is 0 Å². The van der Waals surface area contributed by atoms with Gasteiger partial charge in [-0.05, 0) is 6.42 Å². The Kier molecular flexibility index (Phi) is 4.84. The first kappa shape index (κ1) is 15.2. The van der Waals surface area contributed by atoms with Crippen molar-refractivity contribution in [3.05, 3.63) is 12.2 Å². The largest absolute Gasteiger partial charge is 0.422 e. The fourth-order valence-corrected chi connectivity index (χ4v) is 2.70. The van der Waals surface area contributed by atoms with Crippen molar-refractivity contribution in [3.63, 3.8) is 0 Å². The highest BCUT2D eigenvalue weighted by atomic mass is 16.5. The summed E-state index contributed by atoms with van der Waals surface area (Å²) in [5.74, 6) is 1.51. The van der Waals surface area contributed by atoms with Gasteiger partial charge in [0.05, 0.1) is 6.61 Å². The van der Waals surface area contributed by atoms with E-state index < -0.39 is 0 Å². The predicted molar refractivity (Wildman–Crippen MR) is 84.1 cm³/mol. The quantitative estimate of drug-likeness (QED) is 0.749. The van der Waals surface area contributed by atoms with E-state index >= 15 is 0 Å². The number of rotatable bonds is 6. The Hall–Kier alpha value is -1.73. The Labute approximate surface area is 130 Å². The second-order valence-corrected chi connectivity index (χ2v) is 5.52. The number of hydrogen-bond acceptors (Lipinski definition) is 7. The monoisotopic (exact) mass is 305 g/mol. The highest BCUT2D eigenvalue weighted by Gasteiger charge is 2.21. The molecular weight excluding hydrogens is 282 g/mol. The number of aryl methyl sites for hydroxylation is 1. The summed E-state index contributed by atoms with van der Waals surface area (Å²) in [4.78, 5) is 17.6. The van der Waals surface area contributed by atoms with E-state index in [4.69, 9.17) is 9.15 Å². The Morgan fingerprint density at radius 2 is 2.00 bits per heavy atom. The van der Waals surface area contributed by atoms with Crippen molar-refractivity contribution in [2.24, 2.45) is 0 Å². The fourth-order valence-electron chi connectivity index (χ4n) is 2.70. The summed E-state index contributed by atoms with van der Waals surface area (Å²) in [6.45, 7) is 10.5. The van der Waals surface area contributed by atoms with Crippen LogP contribution in [0.4, 0.5) is 5.82 Å². The number of ether oxygens (including phenoxy) is 1. The van der Waals surface area contributed by atoms with Crippen LogP contribution in [0, 0.1) is 6.92 Å². The second kappa shape index (κ2) is 7.02. The van der Waals surface area contributed by atoms with Gasteiger partial charge in [0, 0.05) is 46.3 Å². The van der Waals surface area contributed by atoms with Gasteiger partial charge in [0.2, 0.25) is 0 Å². The number of nitrogens with zero attached hydrogens (tertiary/aromatic N) is 5. The van der Waals surface area contributed by atoms with Gasteiger partial charge in [0.1, 0.15) is 6.33 Å². The van der Waals surface area contributed by atoms with Crippen molar-refractivity contribution in [3.8, 4) is 0 Å². The normalized spacial score (nSPS) is 16.5. The summed E-state index contributed by atoms with van der Waals surface area (Å²) in [7, 11) is 0. The molecule has 7 nitrogen and oxygen atoms in total. The summed E-state index contributed by atoms with van der Waals surface area (Å²) in [5.41, 5.74) is 1.33. The summed E-state index contributed by atoms with van der Waals surface area (Å²) >= 11 is 0. The van der Waals surface area contributed by atoms with E-state index in [1.807, 2.05) is 6.92 Å². The van der Waals surface area contributed by atoms with Crippen molar-refractivity contribution >= 4 is 17.0 Å². The zero-order chi connectivity index (χ0) is 15.4. The van der Waals surface area contributed by atoms with Crippen molar-refractivity contribution < 1.29 is 9.15 Å². The first-order chi connectivity index (χ1) is 10.8. The molecule has 7 heteroatoms. The van der Waals surface area contributed by atoms with Crippen LogP contribution in [0.2, 0.25) is 0 Å². The van der Waals surface area contributed by atoms with Crippen LogP contribution >= 0.6 is 0 Å². The molecule has 0 spiro atoms. The van der Waals surface area contributed by atoms with Gasteiger partial charge in [0.15, 0.2) is 17.2 Å². The molecule has 120 valence electrons. The van der Waals surface area contributed by atoms with Crippen LogP contribution in [-0.4, -0.2) is 65.8 Å². The number of piperazine rings is 1. The summed E-state index contributed by atoms with van der Waals surface area (Å²) in [6, 6.07) is 0. The van der Waals surface area contributed by atoms with Crippen LogP contribution in [0.5, 0.6) is 0 Å². The Bertz CT molecular complexity index is 607. The fraction of sp³-hybridized carbons (Fsp3) is 0.667. The molecule has 1 saturated heterocycles. The highest BCUT2D eigenvalue weighted by Crippen LogP contribution is 2.23. The molecule has 0 N–H and O–H groups in total. The van der Waals surface area contributed by atoms with Crippen LogP contribution < -0.4 is 4.90 Å². The lowest BCUT2D eigenvalue weighted by atomic mass is 10.3. The van der Waals surface area contributed by atoms with Crippen LogP contribution in [0.1, 0.15) is 19.2 Å². The molecule has 22 heavy (non-hydrogen) atoms. The molecule has 2 aromatic rings. The topological polar surface area (TPSA) is 67.5 Å². The zero-order valence-corrected chi connectivity index (χ0v) is 13.3. The smallest absolute Gasteiger partial charge is 0.252 e. The predicted octanol–water partition coefficient (Wildman–Crippen LogP) is 1.47. The van der Waals surface area contributed by atoms with Gasteiger partial charge >= 0.3 is 0 Å². The van der Waals surface area contributed by atoms with E-state index in [1.54, 1.807) is 6.33 Å². The Morgan fingerprint density at radius 3 is 2.77 bits per heavy atom. The van der Waals surface area contributed by atoms with Crippen molar-refractivity contribution in [2.45, 2.75) is 20.3 Å². The van der Waals surface area contributed by atoms with Crippen molar-refractivity contribution in [1.29, 1.82) is 0 Å². The third-order valence-electron chi connectivity index (χ3n) is 3.86. The van der Waals surface area contributed by atoms with E-state index in [0.717, 1.165) is 63.7 Å². The van der Waals surface area contributed by atoms with Gasteiger partial charge in [-0.2, -0.15) is 4.98 Å². The van der Waals surface area contributed by atoms with E-state index in [0.29, 0.717) is 11.6 Å². The number of oxazole rings is 1. The molecule has 2 aromatic heterocycles. The molecule has 1 aliphatic heterocycles. The lowest BCUT2D eigenvalue weighted by Gasteiger charge is -2.35. The molecule has 0 amide bonds. The van der Waals surface area contributed by atoms with E-state index in [-0.39, 0.29) is 0 Å².